The van der Waals surface area contributed by atoms with E-state index in [2.05, 4.69) is 71.8 Å². The number of benzene rings is 3. The Morgan fingerprint density at radius 3 is 2.38 bits per heavy atom. The number of rotatable bonds is 6. The molecule has 0 saturated carbocycles. The zero-order chi connectivity index (χ0) is 21.8. The van der Waals surface area contributed by atoms with Crippen LogP contribution in [-0.2, 0) is 13.0 Å². The van der Waals surface area contributed by atoms with E-state index in [0.29, 0.717) is 6.54 Å². The molecular weight excluding hydrogens is 392 g/mol. The fourth-order valence-corrected chi connectivity index (χ4v) is 3.91. The molecule has 2 heterocycles. The summed E-state index contributed by atoms with van der Waals surface area (Å²) in [5.41, 5.74) is 6.75. The minimum atomic E-state index is 0.684. The SMILES string of the molecule is CCc1ccccc1-c1nc(NCc2ccc(-c3cccnc3)cc2)c2ccccc2n1. The summed E-state index contributed by atoms with van der Waals surface area (Å²) >= 11 is 0. The first-order valence-electron chi connectivity index (χ1n) is 10.9. The molecule has 0 aliphatic carbocycles. The van der Waals surface area contributed by atoms with Crippen molar-refractivity contribution >= 4 is 16.7 Å². The maximum atomic E-state index is 4.93. The summed E-state index contributed by atoms with van der Waals surface area (Å²) in [6.45, 7) is 2.84. The summed E-state index contributed by atoms with van der Waals surface area (Å²) in [6, 6.07) is 29.1. The van der Waals surface area contributed by atoms with Crippen LogP contribution in [0.4, 0.5) is 5.82 Å². The van der Waals surface area contributed by atoms with E-state index in [4.69, 9.17) is 9.97 Å². The number of hydrogen-bond acceptors (Lipinski definition) is 4. The van der Waals surface area contributed by atoms with Crippen LogP contribution in [0.5, 0.6) is 0 Å². The molecule has 0 fully saturated rings. The highest BCUT2D eigenvalue weighted by Gasteiger charge is 2.11. The van der Waals surface area contributed by atoms with E-state index in [1.807, 2.05) is 36.5 Å². The number of nitrogens with zero attached hydrogens (tertiary/aromatic N) is 3. The van der Waals surface area contributed by atoms with Crippen molar-refractivity contribution in [2.24, 2.45) is 0 Å². The number of nitrogens with one attached hydrogen (secondary N) is 1. The van der Waals surface area contributed by atoms with E-state index in [1.54, 1.807) is 6.20 Å². The molecule has 2 aromatic heterocycles. The molecule has 0 radical (unpaired) electrons. The topological polar surface area (TPSA) is 50.7 Å². The number of fused-ring (bicyclic) bond motifs is 1. The standard InChI is InChI=1S/C28H24N4/c1-2-21-8-3-4-10-24(21)28-31-26-12-6-5-11-25(26)27(32-28)30-18-20-13-15-22(16-14-20)23-9-7-17-29-19-23/h3-17,19H,2,18H2,1H3,(H,30,31,32). The van der Waals surface area contributed by atoms with Crippen LogP contribution in [0, 0.1) is 0 Å². The summed E-state index contributed by atoms with van der Waals surface area (Å²) in [5, 5.41) is 4.57. The van der Waals surface area contributed by atoms with Gasteiger partial charge >= 0.3 is 0 Å². The number of para-hydroxylation sites is 1. The Hall–Kier alpha value is -4.05. The van der Waals surface area contributed by atoms with Gasteiger partial charge in [0, 0.05) is 29.9 Å². The third kappa shape index (κ3) is 4.08. The van der Waals surface area contributed by atoms with E-state index in [1.165, 1.54) is 11.1 Å². The summed E-state index contributed by atoms with van der Waals surface area (Å²) in [6.07, 6.45) is 4.62. The maximum absolute atomic E-state index is 4.93. The van der Waals surface area contributed by atoms with Gasteiger partial charge in [-0.1, -0.05) is 73.7 Å². The van der Waals surface area contributed by atoms with Crippen molar-refractivity contribution in [2.45, 2.75) is 19.9 Å². The Bertz CT molecular complexity index is 1350. The Morgan fingerprint density at radius 1 is 0.750 bits per heavy atom. The van der Waals surface area contributed by atoms with Crippen LogP contribution in [0.15, 0.2) is 97.3 Å². The van der Waals surface area contributed by atoms with Crippen molar-refractivity contribution in [3.63, 3.8) is 0 Å². The minimum absolute atomic E-state index is 0.684. The number of aromatic nitrogens is 3. The van der Waals surface area contributed by atoms with E-state index < -0.39 is 0 Å². The lowest BCUT2D eigenvalue weighted by Gasteiger charge is -2.13. The number of anilines is 1. The van der Waals surface area contributed by atoms with Gasteiger partial charge in [0.15, 0.2) is 5.82 Å². The van der Waals surface area contributed by atoms with Gasteiger partial charge < -0.3 is 5.32 Å². The predicted octanol–water partition coefficient (Wildman–Crippen LogP) is 6.53. The molecule has 0 aliphatic heterocycles. The van der Waals surface area contributed by atoms with Crippen LogP contribution in [0.1, 0.15) is 18.1 Å². The van der Waals surface area contributed by atoms with Crippen molar-refractivity contribution < 1.29 is 0 Å². The molecule has 0 amide bonds. The molecule has 4 nitrogen and oxygen atoms in total. The van der Waals surface area contributed by atoms with Crippen LogP contribution in [0.3, 0.4) is 0 Å². The highest BCUT2D eigenvalue weighted by molar-refractivity contribution is 5.90. The van der Waals surface area contributed by atoms with Gasteiger partial charge in [-0.2, -0.15) is 0 Å². The van der Waals surface area contributed by atoms with E-state index in [-0.39, 0.29) is 0 Å². The highest BCUT2D eigenvalue weighted by Crippen LogP contribution is 2.28. The van der Waals surface area contributed by atoms with Crippen LogP contribution in [-0.4, -0.2) is 15.0 Å². The Morgan fingerprint density at radius 2 is 1.56 bits per heavy atom. The zero-order valence-electron chi connectivity index (χ0n) is 18.0. The van der Waals surface area contributed by atoms with Gasteiger partial charge in [0.1, 0.15) is 5.82 Å². The number of pyridine rings is 1. The molecule has 5 rings (SSSR count). The molecular formula is C28H24N4. The van der Waals surface area contributed by atoms with Gasteiger partial charge in [-0.3, -0.25) is 4.98 Å². The van der Waals surface area contributed by atoms with Gasteiger partial charge in [-0.25, -0.2) is 9.97 Å². The largest absolute Gasteiger partial charge is 0.365 e. The molecule has 1 N–H and O–H groups in total. The zero-order valence-corrected chi connectivity index (χ0v) is 18.0. The molecule has 5 aromatic rings. The Kier molecular flexibility index (Phi) is 5.58. The molecule has 0 saturated heterocycles. The molecule has 0 unspecified atom stereocenters. The monoisotopic (exact) mass is 416 g/mol. The minimum Gasteiger partial charge on any atom is -0.365 e. The fourth-order valence-electron chi connectivity index (χ4n) is 3.91. The molecule has 0 aliphatic rings. The van der Waals surface area contributed by atoms with Gasteiger partial charge in [0.05, 0.1) is 5.52 Å². The van der Waals surface area contributed by atoms with E-state index >= 15 is 0 Å². The van der Waals surface area contributed by atoms with Crippen LogP contribution < -0.4 is 5.32 Å². The molecule has 0 bridgehead atoms. The normalized spacial score (nSPS) is 10.9. The smallest absolute Gasteiger partial charge is 0.162 e. The van der Waals surface area contributed by atoms with Crippen LogP contribution >= 0.6 is 0 Å². The second kappa shape index (κ2) is 8.98. The first-order valence-corrected chi connectivity index (χ1v) is 10.9. The first kappa shape index (κ1) is 19.9. The van der Waals surface area contributed by atoms with Crippen molar-refractivity contribution in [3.8, 4) is 22.5 Å². The average molecular weight is 417 g/mol. The molecule has 156 valence electrons. The third-order valence-electron chi connectivity index (χ3n) is 5.65. The third-order valence-corrected chi connectivity index (χ3v) is 5.65. The quantitative estimate of drug-likeness (QED) is 0.342. The lowest BCUT2D eigenvalue weighted by molar-refractivity contribution is 1.09. The molecule has 32 heavy (non-hydrogen) atoms. The summed E-state index contributed by atoms with van der Waals surface area (Å²) in [5.74, 6) is 1.61. The maximum Gasteiger partial charge on any atom is 0.162 e. The summed E-state index contributed by atoms with van der Waals surface area (Å²) in [7, 11) is 0. The molecule has 0 spiro atoms. The van der Waals surface area contributed by atoms with Gasteiger partial charge in [0.2, 0.25) is 0 Å². The number of hydrogen-bond donors (Lipinski definition) is 1. The lowest BCUT2D eigenvalue weighted by Crippen LogP contribution is -2.05. The second-order valence-electron chi connectivity index (χ2n) is 7.72. The second-order valence-corrected chi connectivity index (χ2v) is 7.72. The average Bonchev–Trinajstić information content (AvgIpc) is 2.88. The van der Waals surface area contributed by atoms with Crippen LogP contribution in [0.25, 0.3) is 33.4 Å². The van der Waals surface area contributed by atoms with Crippen molar-refractivity contribution in [1.82, 2.24) is 15.0 Å². The Balaban J connectivity index is 1.45. The molecule has 4 heteroatoms. The predicted molar refractivity (Wildman–Crippen MR) is 131 cm³/mol. The van der Waals surface area contributed by atoms with E-state index in [0.717, 1.165) is 45.7 Å². The number of aryl methyl sites for hydroxylation is 1. The van der Waals surface area contributed by atoms with Gasteiger partial charge in [-0.05, 0) is 46.9 Å². The Labute approximate surface area is 188 Å². The molecule has 3 aromatic carbocycles. The van der Waals surface area contributed by atoms with Crippen LogP contribution in [0.2, 0.25) is 0 Å². The summed E-state index contributed by atoms with van der Waals surface area (Å²) < 4.78 is 0. The van der Waals surface area contributed by atoms with Gasteiger partial charge in [-0.15, -0.1) is 0 Å². The van der Waals surface area contributed by atoms with Crippen molar-refractivity contribution in [2.75, 3.05) is 5.32 Å². The van der Waals surface area contributed by atoms with Crippen molar-refractivity contribution in [3.05, 3.63) is 108 Å². The fraction of sp³-hybridized carbons (Fsp3) is 0.107. The lowest BCUT2D eigenvalue weighted by atomic mass is 10.0. The van der Waals surface area contributed by atoms with Gasteiger partial charge in [0.25, 0.3) is 0 Å². The summed E-state index contributed by atoms with van der Waals surface area (Å²) in [4.78, 5) is 14.0. The first-order chi connectivity index (χ1) is 15.8. The molecule has 0 atom stereocenters. The highest BCUT2D eigenvalue weighted by atomic mass is 15.0. The van der Waals surface area contributed by atoms with Crippen molar-refractivity contribution in [1.29, 1.82) is 0 Å². The van der Waals surface area contributed by atoms with E-state index in [9.17, 15) is 0 Å².